The molecular formula is C15H32O7P2. The third kappa shape index (κ3) is 6.70. The van der Waals surface area contributed by atoms with Gasteiger partial charge in [-0.05, 0) is 40.0 Å². The third-order valence-electron chi connectivity index (χ3n) is 3.48. The van der Waals surface area contributed by atoms with E-state index in [9.17, 15) is 13.9 Å². The van der Waals surface area contributed by atoms with Crippen LogP contribution in [0, 0.1) is 11.8 Å². The SMILES string of the molecule is CCOP(=O)(OCC)C(CC(C=O)C(C)C)P(=O)(OCC)OCC. The van der Waals surface area contributed by atoms with Crippen LogP contribution < -0.4 is 0 Å². The van der Waals surface area contributed by atoms with E-state index in [0.717, 1.165) is 6.29 Å². The molecule has 9 heteroatoms. The Morgan fingerprint density at radius 1 is 0.792 bits per heavy atom. The van der Waals surface area contributed by atoms with E-state index in [0.29, 0.717) is 0 Å². The molecule has 7 nitrogen and oxygen atoms in total. The van der Waals surface area contributed by atoms with Crippen LogP contribution in [-0.2, 0) is 32.0 Å². The van der Waals surface area contributed by atoms with Gasteiger partial charge in [-0.15, -0.1) is 0 Å². The number of aldehydes is 1. The molecular weight excluding hydrogens is 354 g/mol. The molecule has 0 aliphatic rings. The van der Waals surface area contributed by atoms with Crippen LogP contribution >= 0.6 is 15.2 Å². The fourth-order valence-electron chi connectivity index (χ4n) is 2.30. The van der Waals surface area contributed by atoms with Crippen LogP contribution in [0.25, 0.3) is 0 Å². The lowest BCUT2D eigenvalue weighted by Gasteiger charge is -2.33. The molecule has 0 aromatic heterocycles. The molecule has 0 N–H and O–H groups in total. The Kier molecular flexibility index (Phi) is 11.5. The topological polar surface area (TPSA) is 88.1 Å². The molecule has 1 unspecified atom stereocenters. The third-order valence-corrected chi connectivity index (χ3v) is 9.53. The van der Waals surface area contributed by atoms with Crippen molar-refractivity contribution in [3.63, 3.8) is 0 Å². The summed E-state index contributed by atoms with van der Waals surface area (Å²) in [6.45, 7) is 10.9. The predicted octanol–water partition coefficient (Wildman–Crippen LogP) is 4.71. The Morgan fingerprint density at radius 3 is 1.33 bits per heavy atom. The minimum atomic E-state index is -3.79. The predicted molar refractivity (Wildman–Crippen MR) is 94.5 cm³/mol. The van der Waals surface area contributed by atoms with Crippen molar-refractivity contribution in [1.82, 2.24) is 0 Å². The lowest BCUT2D eigenvalue weighted by molar-refractivity contribution is -0.112. The summed E-state index contributed by atoms with van der Waals surface area (Å²) < 4.78 is 48.1. The second-order valence-corrected chi connectivity index (χ2v) is 10.4. The van der Waals surface area contributed by atoms with Gasteiger partial charge in [0.15, 0.2) is 5.40 Å². The van der Waals surface area contributed by atoms with E-state index in [2.05, 4.69) is 0 Å². The van der Waals surface area contributed by atoms with Crippen LogP contribution in [0.2, 0.25) is 0 Å². The summed E-state index contributed by atoms with van der Waals surface area (Å²) >= 11 is 0. The average Bonchev–Trinajstić information content (AvgIpc) is 2.48. The van der Waals surface area contributed by atoms with Gasteiger partial charge in [0.1, 0.15) is 6.29 Å². The molecule has 0 aromatic rings. The summed E-state index contributed by atoms with van der Waals surface area (Å²) in [6.07, 6.45) is 0.831. The summed E-state index contributed by atoms with van der Waals surface area (Å²) in [5.74, 6) is -0.475. The Morgan fingerprint density at radius 2 is 1.12 bits per heavy atom. The maximum absolute atomic E-state index is 13.3. The van der Waals surface area contributed by atoms with Crippen molar-refractivity contribution in [1.29, 1.82) is 0 Å². The summed E-state index contributed by atoms with van der Waals surface area (Å²) in [6, 6.07) is 0. The lowest BCUT2D eigenvalue weighted by Crippen LogP contribution is -2.24. The van der Waals surface area contributed by atoms with Crippen molar-refractivity contribution < 1.29 is 32.0 Å². The standard InChI is InChI=1S/C15H32O7P2/c1-7-19-23(17,20-8-2)15(11-14(12-16)13(5)6)24(18,21-9-3)22-10-4/h12-15H,7-11H2,1-6H3. The van der Waals surface area contributed by atoms with Gasteiger partial charge in [-0.3, -0.25) is 9.13 Å². The first-order valence-electron chi connectivity index (χ1n) is 8.47. The zero-order chi connectivity index (χ0) is 18.8. The summed E-state index contributed by atoms with van der Waals surface area (Å²) in [5.41, 5.74) is 0. The molecule has 1 atom stereocenters. The van der Waals surface area contributed by atoms with Gasteiger partial charge in [0, 0.05) is 5.92 Å². The highest BCUT2D eigenvalue weighted by Gasteiger charge is 2.51. The van der Waals surface area contributed by atoms with Crippen LogP contribution in [-0.4, -0.2) is 38.1 Å². The minimum absolute atomic E-state index is 0.0154. The van der Waals surface area contributed by atoms with E-state index in [1.165, 1.54) is 0 Å². The van der Waals surface area contributed by atoms with Crippen LogP contribution in [0.4, 0.5) is 0 Å². The molecule has 0 rings (SSSR count). The highest BCUT2D eigenvalue weighted by Crippen LogP contribution is 2.72. The van der Waals surface area contributed by atoms with Crippen molar-refractivity contribution in [2.75, 3.05) is 26.4 Å². The monoisotopic (exact) mass is 386 g/mol. The Balaban J connectivity index is 5.99. The van der Waals surface area contributed by atoms with Crippen LogP contribution in [0.3, 0.4) is 0 Å². The van der Waals surface area contributed by atoms with Crippen LogP contribution in [0.15, 0.2) is 0 Å². The van der Waals surface area contributed by atoms with E-state index in [1.54, 1.807) is 27.7 Å². The molecule has 0 heterocycles. The maximum atomic E-state index is 13.3. The first-order valence-corrected chi connectivity index (χ1v) is 11.7. The van der Waals surface area contributed by atoms with Gasteiger partial charge < -0.3 is 22.9 Å². The molecule has 0 aromatic carbocycles. The van der Waals surface area contributed by atoms with Gasteiger partial charge in [0.05, 0.1) is 26.4 Å². The summed E-state index contributed by atoms with van der Waals surface area (Å²) in [7, 11) is -7.58. The van der Waals surface area contributed by atoms with E-state index >= 15 is 0 Å². The zero-order valence-corrected chi connectivity index (χ0v) is 17.4. The Bertz CT molecular complexity index is 403. The lowest BCUT2D eigenvalue weighted by atomic mass is 9.95. The molecule has 0 saturated heterocycles. The van der Waals surface area contributed by atoms with Crippen molar-refractivity contribution in [2.45, 2.75) is 53.4 Å². The number of rotatable bonds is 14. The maximum Gasteiger partial charge on any atom is 0.345 e. The minimum Gasteiger partial charge on any atom is -0.308 e. The summed E-state index contributed by atoms with van der Waals surface area (Å²) in [5, 5.41) is -1.14. The fourth-order valence-corrected chi connectivity index (χ4v) is 7.76. The van der Waals surface area contributed by atoms with Crippen molar-refractivity contribution in [2.24, 2.45) is 11.8 Å². The van der Waals surface area contributed by atoms with Crippen molar-refractivity contribution in [3.8, 4) is 0 Å². The Hall–Kier alpha value is -0.0300. The molecule has 0 saturated carbocycles. The van der Waals surface area contributed by atoms with Crippen LogP contribution in [0.1, 0.15) is 48.0 Å². The molecule has 0 aliphatic carbocycles. The zero-order valence-electron chi connectivity index (χ0n) is 15.6. The first kappa shape index (κ1) is 24.0. The van der Waals surface area contributed by atoms with E-state index in [1.807, 2.05) is 13.8 Å². The van der Waals surface area contributed by atoms with Gasteiger partial charge >= 0.3 is 15.2 Å². The van der Waals surface area contributed by atoms with Gasteiger partial charge in [-0.2, -0.15) is 0 Å². The highest BCUT2D eigenvalue weighted by atomic mass is 31.2. The van der Waals surface area contributed by atoms with E-state index in [4.69, 9.17) is 18.1 Å². The first-order chi connectivity index (χ1) is 11.2. The van der Waals surface area contributed by atoms with Crippen molar-refractivity contribution >= 4 is 21.5 Å². The molecule has 24 heavy (non-hydrogen) atoms. The summed E-state index contributed by atoms with van der Waals surface area (Å²) in [4.78, 5) is 11.4. The van der Waals surface area contributed by atoms with E-state index in [-0.39, 0.29) is 38.8 Å². The molecule has 0 aliphatic heterocycles. The fraction of sp³-hybridized carbons (Fsp3) is 0.933. The molecule has 0 bridgehead atoms. The molecule has 0 radical (unpaired) electrons. The number of carbonyl (C=O) groups is 1. The molecule has 0 fully saturated rings. The second-order valence-electron chi connectivity index (χ2n) is 5.51. The molecule has 0 amide bonds. The quantitative estimate of drug-likeness (QED) is 0.316. The largest absolute Gasteiger partial charge is 0.345 e. The van der Waals surface area contributed by atoms with Gasteiger partial charge in [-0.25, -0.2) is 0 Å². The van der Waals surface area contributed by atoms with Gasteiger partial charge in [-0.1, -0.05) is 13.8 Å². The van der Waals surface area contributed by atoms with Crippen molar-refractivity contribution in [3.05, 3.63) is 0 Å². The van der Waals surface area contributed by atoms with Gasteiger partial charge in [0.25, 0.3) is 0 Å². The number of hydrogen-bond donors (Lipinski definition) is 0. The average molecular weight is 386 g/mol. The Labute approximate surface area is 145 Å². The number of carbonyl (C=O) groups excluding carboxylic acids is 1. The number of hydrogen-bond acceptors (Lipinski definition) is 7. The smallest absolute Gasteiger partial charge is 0.308 e. The normalized spacial score (nSPS) is 14.3. The van der Waals surface area contributed by atoms with E-state index < -0.39 is 26.5 Å². The van der Waals surface area contributed by atoms with Gasteiger partial charge in [0.2, 0.25) is 0 Å². The van der Waals surface area contributed by atoms with Crippen LogP contribution in [0.5, 0.6) is 0 Å². The molecule has 144 valence electrons. The highest BCUT2D eigenvalue weighted by molar-refractivity contribution is 7.72. The molecule has 0 spiro atoms. The second kappa shape index (κ2) is 11.6.